The molecule has 1 aromatic heterocycles. The first-order valence-corrected chi connectivity index (χ1v) is 13.5. The van der Waals surface area contributed by atoms with Crippen LogP contribution in [0.3, 0.4) is 0 Å². The minimum atomic E-state index is -0.0504. The van der Waals surface area contributed by atoms with E-state index in [1.54, 1.807) is 7.05 Å². The van der Waals surface area contributed by atoms with Gasteiger partial charge in [0.05, 0.1) is 0 Å². The van der Waals surface area contributed by atoms with Crippen LogP contribution in [-0.2, 0) is 23.1 Å². The molecular formula is C29H49N5O2. The number of aromatic nitrogens is 3. The lowest BCUT2D eigenvalue weighted by molar-refractivity contribution is -0.121. The molecule has 2 atom stereocenters. The third-order valence-corrected chi connectivity index (χ3v) is 6.54. The number of rotatable bonds is 12. The zero-order valence-electron chi connectivity index (χ0n) is 23.7. The fourth-order valence-corrected chi connectivity index (χ4v) is 3.75. The van der Waals surface area contributed by atoms with Gasteiger partial charge in [-0.3, -0.25) is 4.79 Å². The van der Waals surface area contributed by atoms with Gasteiger partial charge in [0.15, 0.2) is 0 Å². The molecule has 0 aliphatic heterocycles. The molecule has 7 nitrogen and oxygen atoms in total. The Morgan fingerprint density at radius 2 is 1.83 bits per heavy atom. The molecule has 0 spiro atoms. The van der Waals surface area contributed by atoms with Crippen molar-refractivity contribution in [2.45, 2.75) is 97.8 Å². The molecule has 36 heavy (non-hydrogen) atoms. The largest absolute Gasteiger partial charge is 0.388 e. The van der Waals surface area contributed by atoms with Crippen molar-refractivity contribution < 1.29 is 9.59 Å². The van der Waals surface area contributed by atoms with Gasteiger partial charge in [-0.25, -0.2) is 0 Å². The second-order valence-corrected chi connectivity index (χ2v) is 9.88. The first kappa shape index (κ1) is 31.3. The van der Waals surface area contributed by atoms with Crippen LogP contribution in [0.5, 0.6) is 0 Å². The first-order chi connectivity index (χ1) is 17.3. The summed E-state index contributed by atoms with van der Waals surface area (Å²) in [4.78, 5) is 22.4. The van der Waals surface area contributed by atoms with E-state index >= 15 is 0 Å². The second kappa shape index (κ2) is 17.7. The highest BCUT2D eigenvalue weighted by Crippen LogP contribution is 2.23. The molecular weight excluding hydrogens is 450 g/mol. The van der Waals surface area contributed by atoms with Crippen molar-refractivity contribution in [1.82, 2.24) is 20.1 Å². The van der Waals surface area contributed by atoms with Crippen molar-refractivity contribution in [3.63, 3.8) is 0 Å². The van der Waals surface area contributed by atoms with Gasteiger partial charge in [-0.1, -0.05) is 63.6 Å². The zero-order valence-corrected chi connectivity index (χ0v) is 23.7. The van der Waals surface area contributed by atoms with Crippen molar-refractivity contribution >= 4 is 17.9 Å². The lowest BCUT2D eigenvalue weighted by Crippen LogP contribution is -2.19. The Bertz CT molecular complexity index is 904. The number of hydrogen-bond acceptors (Lipinski definition) is 5. The lowest BCUT2D eigenvalue weighted by atomic mass is 9.98. The van der Waals surface area contributed by atoms with Crippen LogP contribution in [0.1, 0.15) is 100 Å². The normalized spacial score (nSPS) is 13.3. The molecule has 7 heteroatoms. The summed E-state index contributed by atoms with van der Waals surface area (Å²) in [6.45, 7) is 8.69. The van der Waals surface area contributed by atoms with Crippen LogP contribution in [0.4, 0.5) is 5.69 Å². The summed E-state index contributed by atoms with van der Waals surface area (Å²) in [5.74, 6) is 2.43. The van der Waals surface area contributed by atoms with Crippen molar-refractivity contribution in [3.05, 3.63) is 41.0 Å². The van der Waals surface area contributed by atoms with E-state index in [0.717, 1.165) is 36.7 Å². The van der Waals surface area contributed by atoms with Gasteiger partial charge in [0.2, 0.25) is 5.91 Å². The summed E-state index contributed by atoms with van der Waals surface area (Å²) >= 11 is 0. The van der Waals surface area contributed by atoms with E-state index < -0.39 is 0 Å². The Morgan fingerprint density at radius 3 is 2.36 bits per heavy atom. The monoisotopic (exact) mass is 499 g/mol. The SMILES string of the molecule is C1CC1.CCC(C)CCCc1nnc(C(CC=O)CCC(=O)NC)n1C.CNc1ccc(C)cc1C. The van der Waals surface area contributed by atoms with Gasteiger partial charge < -0.3 is 20.0 Å². The molecule has 1 aliphatic rings. The highest BCUT2D eigenvalue weighted by Gasteiger charge is 2.20. The van der Waals surface area contributed by atoms with E-state index in [2.05, 4.69) is 66.7 Å². The Hall–Kier alpha value is -2.70. The molecule has 0 saturated heterocycles. The van der Waals surface area contributed by atoms with Crippen LogP contribution in [0.25, 0.3) is 0 Å². The maximum Gasteiger partial charge on any atom is 0.219 e. The third kappa shape index (κ3) is 12.3. The van der Waals surface area contributed by atoms with Crippen LogP contribution < -0.4 is 10.6 Å². The first-order valence-electron chi connectivity index (χ1n) is 13.5. The van der Waals surface area contributed by atoms with Crippen LogP contribution in [-0.4, -0.2) is 41.1 Å². The van der Waals surface area contributed by atoms with Crippen molar-refractivity contribution in [1.29, 1.82) is 0 Å². The highest BCUT2D eigenvalue weighted by molar-refractivity contribution is 5.75. The molecule has 0 bridgehead atoms. The Morgan fingerprint density at radius 1 is 1.14 bits per heavy atom. The van der Waals surface area contributed by atoms with Gasteiger partial charge in [0.25, 0.3) is 0 Å². The van der Waals surface area contributed by atoms with Gasteiger partial charge in [0, 0.05) is 52.0 Å². The van der Waals surface area contributed by atoms with Gasteiger partial charge >= 0.3 is 0 Å². The van der Waals surface area contributed by atoms with Crippen LogP contribution >= 0.6 is 0 Å². The molecule has 1 aliphatic carbocycles. The third-order valence-electron chi connectivity index (χ3n) is 6.54. The van der Waals surface area contributed by atoms with Gasteiger partial charge in [-0.05, 0) is 44.2 Å². The van der Waals surface area contributed by atoms with E-state index in [9.17, 15) is 9.59 Å². The minimum absolute atomic E-state index is 0.0168. The number of carbonyl (C=O) groups is 2. The van der Waals surface area contributed by atoms with Crippen LogP contribution in [0, 0.1) is 19.8 Å². The van der Waals surface area contributed by atoms with Crippen LogP contribution in [0.2, 0.25) is 0 Å². The topological polar surface area (TPSA) is 88.9 Å². The molecule has 1 aromatic carbocycles. The molecule has 2 N–H and O–H groups in total. The van der Waals surface area contributed by atoms with E-state index in [-0.39, 0.29) is 11.8 Å². The van der Waals surface area contributed by atoms with Crippen molar-refractivity contribution in [2.75, 3.05) is 19.4 Å². The molecule has 1 heterocycles. The summed E-state index contributed by atoms with van der Waals surface area (Å²) in [5, 5.41) is 14.3. The summed E-state index contributed by atoms with van der Waals surface area (Å²) < 4.78 is 1.99. The smallest absolute Gasteiger partial charge is 0.219 e. The molecule has 2 unspecified atom stereocenters. The molecule has 2 aromatic rings. The molecule has 3 rings (SSSR count). The molecule has 0 radical (unpaired) electrons. The van der Waals surface area contributed by atoms with Gasteiger partial charge in [-0.15, -0.1) is 10.2 Å². The summed E-state index contributed by atoms with van der Waals surface area (Å²) in [6, 6.07) is 6.38. The number of aryl methyl sites for hydroxylation is 3. The minimum Gasteiger partial charge on any atom is -0.388 e. The fourth-order valence-electron chi connectivity index (χ4n) is 3.75. The zero-order chi connectivity index (χ0) is 26.9. The van der Waals surface area contributed by atoms with E-state index in [0.29, 0.717) is 19.3 Å². The molecule has 1 fully saturated rings. The van der Waals surface area contributed by atoms with E-state index in [1.165, 1.54) is 48.9 Å². The standard InChI is InChI=1S/C17H30N4O2.C9H13N.C3H6/c1-5-13(2)7-6-8-15-19-20-17(21(15)4)14(11-12-22)9-10-16(23)18-3;1-7-4-5-9(10-3)8(2)6-7;1-2-3-1/h12-14H,5-11H2,1-4H3,(H,18,23);4-6,10H,1-3H3;1-3H2. The number of nitrogens with one attached hydrogen (secondary N) is 2. The predicted octanol–water partition coefficient (Wildman–Crippen LogP) is 5.90. The van der Waals surface area contributed by atoms with Crippen molar-refractivity contribution in [2.24, 2.45) is 13.0 Å². The van der Waals surface area contributed by atoms with E-state index in [4.69, 9.17) is 0 Å². The maximum atomic E-state index is 11.4. The average molecular weight is 500 g/mol. The predicted molar refractivity (Wildman–Crippen MR) is 149 cm³/mol. The Kier molecular flexibility index (Phi) is 15.4. The summed E-state index contributed by atoms with van der Waals surface area (Å²) in [6.07, 6.45) is 11.1. The van der Waals surface area contributed by atoms with Crippen molar-refractivity contribution in [3.8, 4) is 0 Å². The highest BCUT2D eigenvalue weighted by atomic mass is 16.1. The quantitative estimate of drug-likeness (QED) is 0.355. The summed E-state index contributed by atoms with van der Waals surface area (Å²) in [7, 11) is 5.51. The van der Waals surface area contributed by atoms with Gasteiger partial charge in [0.1, 0.15) is 17.9 Å². The lowest BCUT2D eigenvalue weighted by Gasteiger charge is -2.13. The van der Waals surface area contributed by atoms with E-state index in [1.807, 2.05) is 18.7 Å². The molecule has 202 valence electrons. The number of anilines is 1. The molecule has 1 saturated carbocycles. The average Bonchev–Trinajstić information content (AvgIpc) is 3.71. The summed E-state index contributed by atoms with van der Waals surface area (Å²) in [5.41, 5.74) is 3.84. The Balaban J connectivity index is 0.000000404. The second-order valence-electron chi connectivity index (χ2n) is 9.88. The number of benzene rings is 1. The number of amides is 1. The fraction of sp³-hybridized carbons (Fsp3) is 0.655. The molecule has 1 amide bonds. The Labute approximate surface area is 218 Å². The van der Waals surface area contributed by atoms with Crippen LogP contribution in [0.15, 0.2) is 18.2 Å². The number of aldehydes is 1. The maximum absolute atomic E-state index is 11.4. The number of nitrogens with zero attached hydrogens (tertiary/aromatic N) is 3. The number of hydrogen-bond donors (Lipinski definition) is 2. The number of carbonyl (C=O) groups excluding carboxylic acids is 2. The van der Waals surface area contributed by atoms with Gasteiger partial charge in [-0.2, -0.15) is 0 Å².